The number of nitrogens with one attached hydrogen (secondary N) is 2. The number of pyridine rings is 1. The van der Waals surface area contributed by atoms with Crippen molar-refractivity contribution in [2.24, 2.45) is 10.2 Å². The van der Waals surface area contributed by atoms with Crippen molar-refractivity contribution in [2.45, 2.75) is 6.92 Å². The molecule has 1 aromatic heterocycles. The van der Waals surface area contributed by atoms with Crippen molar-refractivity contribution in [3.8, 4) is 0 Å². The van der Waals surface area contributed by atoms with Crippen molar-refractivity contribution in [3.63, 3.8) is 0 Å². The molecule has 3 rings (SSSR count). The molecular formula is C16H15N5O2. The number of anilines is 1. The van der Waals surface area contributed by atoms with Gasteiger partial charge in [-0.15, -0.1) is 5.10 Å². The van der Waals surface area contributed by atoms with Crippen LogP contribution in [0.2, 0.25) is 0 Å². The van der Waals surface area contributed by atoms with Gasteiger partial charge in [0.2, 0.25) is 5.90 Å². The number of ether oxygens (including phenoxy) is 1. The van der Waals surface area contributed by atoms with E-state index in [1.807, 2.05) is 43.3 Å². The molecule has 1 aliphatic rings. The zero-order valence-corrected chi connectivity index (χ0v) is 12.5. The lowest BCUT2D eigenvalue weighted by Gasteiger charge is -2.13. The molecule has 0 spiro atoms. The molecule has 1 amide bonds. The highest BCUT2D eigenvalue weighted by molar-refractivity contribution is 5.99. The lowest BCUT2D eigenvalue weighted by Crippen LogP contribution is -2.32. The van der Waals surface area contributed by atoms with Gasteiger partial charge < -0.3 is 4.74 Å². The fraction of sp³-hybridized carbons (Fsp3) is 0.125. The predicted octanol–water partition coefficient (Wildman–Crippen LogP) is 1.73. The van der Waals surface area contributed by atoms with Gasteiger partial charge in [0.05, 0.1) is 11.4 Å². The van der Waals surface area contributed by atoms with Crippen LogP contribution in [0.25, 0.3) is 0 Å². The predicted molar refractivity (Wildman–Crippen MR) is 87.1 cm³/mol. The monoisotopic (exact) mass is 309 g/mol. The molecule has 0 aliphatic carbocycles. The molecule has 0 bridgehead atoms. The van der Waals surface area contributed by atoms with Crippen LogP contribution in [0.1, 0.15) is 18.1 Å². The molecule has 0 fully saturated rings. The van der Waals surface area contributed by atoms with E-state index in [1.54, 1.807) is 12.4 Å². The van der Waals surface area contributed by atoms with Gasteiger partial charge in [-0.1, -0.05) is 0 Å². The molecule has 7 nitrogen and oxygen atoms in total. The van der Waals surface area contributed by atoms with Crippen molar-refractivity contribution >= 4 is 23.2 Å². The molecule has 0 unspecified atom stereocenters. The van der Waals surface area contributed by atoms with Crippen LogP contribution < -0.4 is 10.9 Å². The fourth-order valence-corrected chi connectivity index (χ4v) is 1.95. The van der Waals surface area contributed by atoms with Gasteiger partial charge >= 0.3 is 0 Å². The molecule has 23 heavy (non-hydrogen) atoms. The first-order valence-electron chi connectivity index (χ1n) is 7.03. The van der Waals surface area contributed by atoms with Gasteiger partial charge in [-0.25, -0.2) is 5.43 Å². The molecule has 2 N–H and O–H groups in total. The Balaban J connectivity index is 1.67. The number of carbonyl (C=O) groups is 1. The summed E-state index contributed by atoms with van der Waals surface area (Å²) in [7, 11) is 0. The highest BCUT2D eigenvalue weighted by Gasteiger charge is 2.13. The van der Waals surface area contributed by atoms with E-state index < -0.39 is 0 Å². The van der Waals surface area contributed by atoms with Crippen molar-refractivity contribution in [1.82, 2.24) is 10.4 Å². The minimum atomic E-state index is -0.257. The first-order valence-corrected chi connectivity index (χ1v) is 7.03. The van der Waals surface area contributed by atoms with Crippen LogP contribution in [0, 0.1) is 0 Å². The summed E-state index contributed by atoms with van der Waals surface area (Å²) in [4.78, 5) is 15.0. The Morgan fingerprint density at radius 1 is 1.22 bits per heavy atom. The molecule has 0 radical (unpaired) electrons. The van der Waals surface area contributed by atoms with Crippen molar-refractivity contribution in [1.29, 1.82) is 0 Å². The van der Waals surface area contributed by atoms with Crippen LogP contribution >= 0.6 is 0 Å². The van der Waals surface area contributed by atoms with Crippen LogP contribution in [0.15, 0.2) is 59.0 Å². The molecule has 1 aromatic carbocycles. The maximum absolute atomic E-state index is 11.0. The molecule has 2 aromatic rings. The number of rotatable bonds is 4. The van der Waals surface area contributed by atoms with Crippen LogP contribution in [-0.2, 0) is 9.53 Å². The highest BCUT2D eigenvalue weighted by Crippen LogP contribution is 2.12. The molecule has 0 saturated heterocycles. The highest BCUT2D eigenvalue weighted by atomic mass is 16.5. The van der Waals surface area contributed by atoms with E-state index in [-0.39, 0.29) is 12.5 Å². The van der Waals surface area contributed by atoms with E-state index in [9.17, 15) is 4.79 Å². The van der Waals surface area contributed by atoms with Crippen LogP contribution in [-0.4, -0.2) is 29.1 Å². The van der Waals surface area contributed by atoms with Gasteiger partial charge in [-0.2, -0.15) is 5.10 Å². The number of benzene rings is 1. The molecule has 116 valence electrons. The van der Waals surface area contributed by atoms with Gasteiger partial charge in [0, 0.05) is 23.5 Å². The first kappa shape index (κ1) is 14.7. The number of hydrazone groups is 2. The molecular weight excluding hydrogens is 294 g/mol. The quantitative estimate of drug-likeness (QED) is 0.665. The van der Waals surface area contributed by atoms with Gasteiger partial charge in [-0.05, 0) is 43.3 Å². The summed E-state index contributed by atoms with van der Waals surface area (Å²) >= 11 is 0. The average Bonchev–Trinajstić information content (AvgIpc) is 2.61. The number of hydrogen-bond acceptors (Lipinski definition) is 6. The van der Waals surface area contributed by atoms with Crippen LogP contribution in [0.4, 0.5) is 5.69 Å². The van der Waals surface area contributed by atoms with Crippen molar-refractivity contribution in [2.75, 3.05) is 12.0 Å². The third-order valence-electron chi connectivity index (χ3n) is 3.20. The van der Waals surface area contributed by atoms with Gasteiger partial charge in [-0.3, -0.25) is 15.2 Å². The second-order valence-corrected chi connectivity index (χ2v) is 4.86. The zero-order chi connectivity index (χ0) is 16.1. The molecule has 2 heterocycles. The Labute approximate surface area is 133 Å². The zero-order valence-electron chi connectivity index (χ0n) is 12.5. The summed E-state index contributed by atoms with van der Waals surface area (Å²) in [6.07, 6.45) is 3.46. The Morgan fingerprint density at radius 2 is 1.96 bits per heavy atom. The summed E-state index contributed by atoms with van der Waals surface area (Å²) < 4.78 is 5.26. The average molecular weight is 309 g/mol. The summed E-state index contributed by atoms with van der Waals surface area (Å²) in [6, 6.07) is 11.2. The van der Waals surface area contributed by atoms with E-state index in [2.05, 4.69) is 26.0 Å². The van der Waals surface area contributed by atoms with Crippen molar-refractivity contribution in [3.05, 3.63) is 59.9 Å². The standard InChI is InChI=1S/C16H15N5O2/c1-11(12-6-8-17-9-7-12)18-19-14-4-2-13(3-5-14)16-21-20-15(22)10-23-16/h2-9,19H,10H2,1H3,(H,20,22). The third kappa shape index (κ3) is 3.70. The van der Waals surface area contributed by atoms with Gasteiger partial charge in [0.1, 0.15) is 0 Å². The minimum absolute atomic E-state index is 0.0196. The van der Waals surface area contributed by atoms with E-state index in [0.717, 1.165) is 22.5 Å². The van der Waals surface area contributed by atoms with Crippen LogP contribution in [0.3, 0.4) is 0 Å². The maximum Gasteiger partial charge on any atom is 0.278 e. The van der Waals surface area contributed by atoms with E-state index in [1.165, 1.54) is 0 Å². The van der Waals surface area contributed by atoms with E-state index in [4.69, 9.17) is 4.74 Å². The fourth-order valence-electron chi connectivity index (χ4n) is 1.95. The summed E-state index contributed by atoms with van der Waals surface area (Å²) in [5.74, 6) is 0.139. The number of amides is 1. The largest absolute Gasteiger partial charge is 0.466 e. The SMILES string of the molecule is CC(=NNc1ccc(C2=NNC(=O)CO2)cc1)c1ccncc1. The third-order valence-corrected chi connectivity index (χ3v) is 3.20. The van der Waals surface area contributed by atoms with E-state index in [0.29, 0.717) is 5.90 Å². The van der Waals surface area contributed by atoms with Crippen molar-refractivity contribution < 1.29 is 9.53 Å². The number of carbonyl (C=O) groups excluding carboxylic acids is 1. The Kier molecular flexibility index (Phi) is 4.28. The van der Waals surface area contributed by atoms with Gasteiger partial charge in [0.25, 0.3) is 5.91 Å². The maximum atomic E-state index is 11.0. The second-order valence-electron chi connectivity index (χ2n) is 4.86. The molecule has 0 atom stereocenters. The number of nitrogens with zero attached hydrogens (tertiary/aromatic N) is 3. The normalized spacial score (nSPS) is 14.6. The Hall–Kier alpha value is -3.22. The summed E-state index contributed by atoms with van der Waals surface area (Å²) in [5, 5.41) is 8.20. The Bertz CT molecular complexity index is 754. The summed E-state index contributed by atoms with van der Waals surface area (Å²) in [5.41, 5.74) is 8.87. The first-order chi connectivity index (χ1) is 11.2. The molecule has 7 heteroatoms. The lowest BCUT2D eigenvalue weighted by atomic mass is 10.2. The lowest BCUT2D eigenvalue weighted by molar-refractivity contribution is -0.124. The number of hydrogen-bond donors (Lipinski definition) is 2. The van der Waals surface area contributed by atoms with Crippen LogP contribution in [0.5, 0.6) is 0 Å². The topological polar surface area (TPSA) is 88.0 Å². The second kappa shape index (κ2) is 6.69. The van der Waals surface area contributed by atoms with E-state index >= 15 is 0 Å². The molecule has 0 saturated carbocycles. The molecule has 1 aliphatic heterocycles. The minimum Gasteiger partial charge on any atom is -0.466 e. The van der Waals surface area contributed by atoms with Gasteiger partial charge in [0.15, 0.2) is 6.61 Å². The smallest absolute Gasteiger partial charge is 0.278 e. The Morgan fingerprint density at radius 3 is 2.61 bits per heavy atom. The number of aromatic nitrogens is 1. The summed E-state index contributed by atoms with van der Waals surface area (Å²) in [6.45, 7) is 1.90.